The number of benzene rings is 1. The Bertz CT molecular complexity index is 809. The molecular formula is C16H16F4N4O3. The normalized spacial score (nSPS) is 20.9. The summed E-state index contributed by atoms with van der Waals surface area (Å²) in [6.45, 7) is 2.84. The van der Waals surface area contributed by atoms with Gasteiger partial charge >= 0.3 is 12.4 Å². The number of carbonyl (C=O) groups excluding carboxylic acids is 1. The van der Waals surface area contributed by atoms with Crippen LogP contribution in [0.15, 0.2) is 28.7 Å². The first-order valence-electron chi connectivity index (χ1n) is 8.05. The molecule has 1 amide bonds. The van der Waals surface area contributed by atoms with E-state index in [2.05, 4.69) is 20.3 Å². The van der Waals surface area contributed by atoms with Gasteiger partial charge in [-0.3, -0.25) is 9.53 Å². The first-order chi connectivity index (χ1) is 12.6. The molecule has 0 saturated carbocycles. The third-order valence-corrected chi connectivity index (χ3v) is 4.20. The maximum absolute atomic E-state index is 12.9. The number of hydrogen-bond donors (Lipinski definition) is 1. The van der Waals surface area contributed by atoms with Gasteiger partial charge in [-0.2, -0.15) is 0 Å². The second-order valence-corrected chi connectivity index (χ2v) is 6.12. The average Bonchev–Trinajstić information content (AvgIpc) is 3.05. The van der Waals surface area contributed by atoms with Crippen molar-refractivity contribution in [3.05, 3.63) is 30.1 Å². The van der Waals surface area contributed by atoms with Crippen molar-refractivity contribution in [3.63, 3.8) is 0 Å². The van der Waals surface area contributed by atoms with Crippen LogP contribution in [0.2, 0.25) is 0 Å². The molecule has 0 spiro atoms. The minimum atomic E-state index is -4.74. The third kappa shape index (κ3) is 4.35. The Morgan fingerprint density at radius 2 is 2.00 bits per heavy atom. The smallest absolute Gasteiger partial charge is 0.403 e. The van der Waals surface area contributed by atoms with Crippen LogP contribution in [-0.2, 0) is 9.53 Å². The second kappa shape index (κ2) is 7.14. The van der Waals surface area contributed by atoms with Gasteiger partial charge < -0.3 is 14.6 Å². The molecule has 1 aliphatic rings. The van der Waals surface area contributed by atoms with E-state index in [-0.39, 0.29) is 18.5 Å². The number of amides is 1. The monoisotopic (exact) mass is 388 g/mol. The fourth-order valence-electron chi connectivity index (χ4n) is 2.66. The molecule has 2 heterocycles. The third-order valence-electron chi connectivity index (χ3n) is 4.20. The van der Waals surface area contributed by atoms with Crippen molar-refractivity contribution in [1.29, 1.82) is 0 Å². The lowest BCUT2D eigenvalue weighted by Gasteiger charge is -2.46. The van der Waals surface area contributed by atoms with Crippen molar-refractivity contribution in [2.24, 2.45) is 0 Å². The molecule has 3 rings (SSSR count). The molecule has 0 bridgehead atoms. The van der Waals surface area contributed by atoms with E-state index in [1.807, 2.05) is 0 Å². The van der Waals surface area contributed by atoms with Crippen molar-refractivity contribution < 1.29 is 31.5 Å². The summed E-state index contributed by atoms with van der Waals surface area (Å²) in [5, 5.41) is 10.3. The van der Waals surface area contributed by atoms with E-state index in [0.717, 1.165) is 0 Å². The van der Waals surface area contributed by atoms with Crippen LogP contribution in [0.3, 0.4) is 0 Å². The summed E-state index contributed by atoms with van der Waals surface area (Å²) in [5.41, 5.74) is 0.499. The minimum Gasteiger partial charge on any atom is -0.403 e. The average molecular weight is 388 g/mol. The summed E-state index contributed by atoms with van der Waals surface area (Å²) in [5.74, 6) is -0.702. The van der Waals surface area contributed by atoms with Gasteiger partial charge in [0.1, 0.15) is 18.0 Å². The van der Waals surface area contributed by atoms with E-state index in [4.69, 9.17) is 4.42 Å². The lowest BCUT2D eigenvalue weighted by Crippen LogP contribution is -2.64. The number of halogens is 4. The molecule has 27 heavy (non-hydrogen) atoms. The number of aromatic nitrogens is 2. The van der Waals surface area contributed by atoms with E-state index in [9.17, 15) is 22.4 Å². The van der Waals surface area contributed by atoms with E-state index in [0.29, 0.717) is 5.56 Å². The Balaban J connectivity index is 1.57. The van der Waals surface area contributed by atoms with Gasteiger partial charge in [-0.15, -0.1) is 18.3 Å². The maximum Gasteiger partial charge on any atom is 0.522 e. The zero-order valence-electron chi connectivity index (χ0n) is 14.3. The summed E-state index contributed by atoms with van der Waals surface area (Å²) >= 11 is 0. The highest BCUT2D eigenvalue weighted by Gasteiger charge is 2.46. The van der Waals surface area contributed by atoms with Gasteiger partial charge in [0.05, 0.1) is 6.04 Å². The van der Waals surface area contributed by atoms with Crippen LogP contribution in [0.4, 0.5) is 23.6 Å². The number of alkyl halides is 3. The molecule has 7 nitrogen and oxygen atoms in total. The van der Waals surface area contributed by atoms with Gasteiger partial charge in [-0.25, -0.2) is 4.39 Å². The van der Waals surface area contributed by atoms with Crippen molar-refractivity contribution in [2.75, 3.05) is 11.9 Å². The van der Waals surface area contributed by atoms with E-state index >= 15 is 0 Å². The molecule has 1 aliphatic heterocycles. The standard InChI is InChI=1S/C16H16F4N4O3/c1-8(14(25)24-7-12(9(24)2)27-16(18,19)20)21-15-23-22-13(26-15)10-3-5-11(17)6-4-10/h3-6,8-9,12H,7H2,1-2H3,(H,21,23)/t8-,9?,12?/m1/s1. The van der Waals surface area contributed by atoms with Crippen LogP contribution in [0, 0.1) is 5.82 Å². The first-order valence-corrected chi connectivity index (χ1v) is 8.05. The van der Waals surface area contributed by atoms with Gasteiger partial charge in [0.2, 0.25) is 11.8 Å². The van der Waals surface area contributed by atoms with Crippen molar-refractivity contribution in [2.45, 2.75) is 38.4 Å². The highest BCUT2D eigenvalue weighted by Crippen LogP contribution is 2.29. The Labute approximate surface area is 151 Å². The SMILES string of the molecule is CC1C(OC(F)(F)F)CN1C(=O)[C@@H](C)Nc1nnc(-c2ccc(F)cc2)o1. The Morgan fingerprint density at radius 3 is 2.59 bits per heavy atom. The molecule has 1 N–H and O–H groups in total. The van der Waals surface area contributed by atoms with E-state index in [1.54, 1.807) is 0 Å². The zero-order chi connectivity index (χ0) is 19.8. The molecule has 1 fully saturated rings. The zero-order valence-corrected chi connectivity index (χ0v) is 14.3. The molecule has 0 radical (unpaired) electrons. The van der Waals surface area contributed by atoms with Crippen LogP contribution in [0.25, 0.3) is 11.5 Å². The Morgan fingerprint density at radius 1 is 1.33 bits per heavy atom. The van der Waals surface area contributed by atoms with Crippen LogP contribution >= 0.6 is 0 Å². The number of rotatable bonds is 5. The number of carbonyl (C=O) groups is 1. The maximum atomic E-state index is 12.9. The fourth-order valence-corrected chi connectivity index (χ4v) is 2.66. The van der Waals surface area contributed by atoms with Crippen molar-refractivity contribution in [1.82, 2.24) is 15.1 Å². The lowest BCUT2D eigenvalue weighted by atomic mass is 10.00. The number of nitrogens with zero attached hydrogens (tertiary/aromatic N) is 3. The van der Waals surface area contributed by atoms with Gasteiger partial charge in [0, 0.05) is 12.1 Å². The largest absolute Gasteiger partial charge is 0.522 e. The van der Waals surface area contributed by atoms with Crippen LogP contribution in [-0.4, -0.2) is 52.1 Å². The molecule has 0 aliphatic carbocycles. The molecule has 2 unspecified atom stereocenters. The summed E-state index contributed by atoms with van der Waals surface area (Å²) < 4.78 is 59.0. The first kappa shape index (κ1) is 19.1. The highest BCUT2D eigenvalue weighted by atomic mass is 19.4. The van der Waals surface area contributed by atoms with Crippen LogP contribution in [0.5, 0.6) is 0 Å². The summed E-state index contributed by atoms with van der Waals surface area (Å²) in [4.78, 5) is 13.6. The van der Waals surface area contributed by atoms with Crippen molar-refractivity contribution in [3.8, 4) is 11.5 Å². The predicted octanol–water partition coefficient (Wildman–Crippen LogP) is 2.81. The molecule has 1 aromatic carbocycles. The summed E-state index contributed by atoms with van der Waals surface area (Å²) in [7, 11) is 0. The topological polar surface area (TPSA) is 80.5 Å². The number of likely N-dealkylation sites (tertiary alicyclic amines) is 1. The molecule has 1 saturated heterocycles. The van der Waals surface area contributed by atoms with Crippen molar-refractivity contribution >= 4 is 11.9 Å². The second-order valence-electron chi connectivity index (χ2n) is 6.12. The van der Waals surface area contributed by atoms with Gasteiger partial charge in [-0.1, -0.05) is 5.10 Å². The summed E-state index contributed by atoms with van der Waals surface area (Å²) in [6.07, 6.45) is -5.83. The number of ether oxygens (including phenoxy) is 1. The molecule has 146 valence electrons. The molecule has 3 atom stereocenters. The van der Waals surface area contributed by atoms with Crippen LogP contribution < -0.4 is 5.32 Å². The van der Waals surface area contributed by atoms with E-state index < -0.39 is 36.3 Å². The van der Waals surface area contributed by atoms with Gasteiger partial charge in [0.15, 0.2) is 0 Å². The summed E-state index contributed by atoms with van der Waals surface area (Å²) in [6, 6.07) is 3.86. The molecular weight excluding hydrogens is 372 g/mol. The number of nitrogens with one attached hydrogen (secondary N) is 1. The van der Waals surface area contributed by atoms with Crippen LogP contribution in [0.1, 0.15) is 13.8 Å². The quantitative estimate of drug-likeness (QED) is 0.794. The molecule has 2 aromatic rings. The minimum absolute atomic E-state index is 0.0357. The lowest BCUT2D eigenvalue weighted by molar-refractivity contribution is -0.359. The molecule has 11 heteroatoms. The van der Waals surface area contributed by atoms with Gasteiger partial charge in [0.25, 0.3) is 0 Å². The molecule has 1 aromatic heterocycles. The Hall–Kier alpha value is -2.69. The van der Waals surface area contributed by atoms with E-state index in [1.165, 1.54) is 43.0 Å². The predicted molar refractivity (Wildman–Crippen MR) is 84.9 cm³/mol. The number of anilines is 1. The highest BCUT2D eigenvalue weighted by molar-refractivity contribution is 5.84. The Kier molecular flexibility index (Phi) is 5.05. The fraction of sp³-hybridized carbons (Fsp3) is 0.438. The van der Waals surface area contributed by atoms with Gasteiger partial charge in [-0.05, 0) is 38.1 Å². The number of hydrogen-bond acceptors (Lipinski definition) is 6.